The molecule has 6 nitrogen and oxygen atoms in total. The van der Waals surface area contributed by atoms with E-state index in [0.29, 0.717) is 43.8 Å². The van der Waals surface area contributed by atoms with Crippen LogP contribution in [-0.4, -0.2) is 63.4 Å². The molecule has 150 valence electrons. The number of carbonyl (C=O) groups is 1. The van der Waals surface area contributed by atoms with E-state index >= 15 is 0 Å². The number of likely N-dealkylation sites (N-methyl/N-ethyl adjacent to an activating group) is 1. The minimum atomic E-state index is -3.58. The molecule has 0 aliphatic carbocycles. The summed E-state index contributed by atoms with van der Waals surface area (Å²) < 4.78 is 33.3. The summed E-state index contributed by atoms with van der Waals surface area (Å²) in [6.45, 7) is 1.39. The van der Waals surface area contributed by atoms with Crippen molar-refractivity contribution in [3.63, 3.8) is 0 Å². The van der Waals surface area contributed by atoms with Crippen molar-refractivity contribution < 1.29 is 17.9 Å². The van der Waals surface area contributed by atoms with E-state index in [2.05, 4.69) is 0 Å². The molecule has 0 amide bonds. The van der Waals surface area contributed by atoms with Crippen molar-refractivity contribution in [1.82, 2.24) is 9.21 Å². The predicted molar refractivity (Wildman–Crippen MR) is 107 cm³/mol. The maximum absolute atomic E-state index is 13.1. The first kappa shape index (κ1) is 19.4. The molecule has 0 radical (unpaired) electrons. The molecule has 2 aliphatic rings. The Hall–Kier alpha value is -1.96. The fourth-order valence-corrected chi connectivity index (χ4v) is 5.86. The second-order valence-corrected chi connectivity index (χ2v) is 10.1. The van der Waals surface area contributed by atoms with E-state index in [0.717, 1.165) is 10.8 Å². The normalized spacial score (nSPS) is 22.8. The number of fused-ring (bicyclic) bond motifs is 1. The van der Waals surface area contributed by atoms with Gasteiger partial charge in [-0.25, -0.2) is 8.42 Å². The van der Waals surface area contributed by atoms with Gasteiger partial charge in [-0.1, -0.05) is 30.3 Å². The summed E-state index contributed by atoms with van der Waals surface area (Å²) in [5, 5.41) is 1.92. The van der Waals surface area contributed by atoms with Crippen molar-refractivity contribution in [3.8, 4) is 0 Å². The summed E-state index contributed by atoms with van der Waals surface area (Å²) in [4.78, 5) is 14.8. The Bertz CT molecular complexity index is 994. The van der Waals surface area contributed by atoms with Crippen LogP contribution in [0.25, 0.3) is 10.8 Å². The minimum Gasteiger partial charge on any atom is -0.461 e. The number of hydrogen-bond donors (Lipinski definition) is 0. The largest absolute Gasteiger partial charge is 0.461 e. The summed E-state index contributed by atoms with van der Waals surface area (Å²) >= 11 is 0. The molecule has 0 N–H and O–H groups in total. The van der Waals surface area contributed by atoms with E-state index in [1.54, 1.807) is 12.1 Å². The van der Waals surface area contributed by atoms with E-state index in [1.807, 2.05) is 49.3 Å². The summed E-state index contributed by atoms with van der Waals surface area (Å²) in [6, 6.07) is 13.0. The molecule has 2 fully saturated rings. The van der Waals surface area contributed by atoms with Gasteiger partial charge in [0.15, 0.2) is 0 Å². The highest BCUT2D eigenvalue weighted by atomic mass is 32.2. The Morgan fingerprint density at radius 2 is 1.79 bits per heavy atom. The van der Waals surface area contributed by atoms with Crippen LogP contribution in [0.4, 0.5) is 0 Å². The maximum atomic E-state index is 13.1. The molecule has 0 aromatic heterocycles. The average Bonchev–Trinajstić information content (AvgIpc) is 2.95. The van der Waals surface area contributed by atoms with E-state index < -0.39 is 15.4 Å². The molecule has 2 aliphatic heterocycles. The number of benzene rings is 2. The number of nitrogens with zero attached hydrogens (tertiary/aromatic N) is 2. The van der Waals surface area contributed by atoms with Crippen LogP contribution in [0, 0.1) is 5.41 Å². The first-order valence-corrected chi connectivity index (χ1v) is 11.1. The molecule has 1 spiro atoms. The SMILES string of the molecule is CN(C)CC1CC2(CCN(S(=O)(=O)c3ccc4ccccc4c3)CC2)C(=O)O1. The van der Waals surface area contributed by atoms with Gasteiger partial charge in [0.25, 0.3) is 0 Å². The lowest BCUT2D eigenvalue weighted by molar-refractivity contribution is -0.150. The van der Waals surface area contributed by atoms with Gasteiger partial charge in [-0.3, -0.25) is 4.79 Å². The Balaban J connectivity index is 1.50. The number of ether oxygens (including phenoxy) is 1. The van der Waals surface area contributed by atoms with E-state index in [9.17, 15) is 13.2 Å². The summed E-state index contributed by atoms with van der Waals surface area (Å²) in [5.41, 5.74) is -0.532. The van der Waals surface area contributed by atoms with Gasteiger partial charge < -0.3 is 9.64 Å². The van der Waals surface area contributed by atoms with Crippen molar-refractivity contribution in [2.45, 2.75) is 30.3 Å². The quantitative estimate of drug-likeness (QED) is 0.735. The Morgan fingerprint density at radius 1 is 1.11 bits per heavy atom. The lowest BCUT2D eigenvalue weighted by atomic mass is 9.76. The van der Waals surface area contributed by atoms with Gasteiger partial charge in [-0.15, -0.1) is 0 Å². The van der Waals surface area contributed by atoms with Gasteiger partial charge in [-0.05, 0) is 49.8 Å². The molecule has 7 heteroatoms. The van der Waals surface area contributed by atoms with Crippen LogP contribution in [0.1, 0.15) is 19.3 Å². The minimum absolute atomic E-state index is 0.105. The maximum Gasteiger partial charge on any atom is 0.312 e. The molecular weight excluding hydrogens is 376 g/mol. The average molecular weight is 403 g/mol. The number of sulfonamides is 1. The van der Waals surface area contributed by atoms with Crippen LogP contribution >= 0.6 is 0 Å². The zero-order chi connectivity index (χ0) is 19.9. The van der Waals surface area contributed by atoms with E-state index in [-0.39, 0.29) is 12.1 Å². The molecular formula is C21H26N2O4S. The summed E-state index contributed by atoms with van der Waals surface area (Å²) in [6.07, 6.45) is 1.60. The van der Waals surface area contributed by atoms with Gasteiger partial charge in [0.05, 0.1) is 10.3 Å². The molecule has 4 rings (SSSR count). The smallest absolute Gasteiger partial charge is 0.312 e. The third-order valence-corrected chi connectivity index (χ3v) is 7.83. The van der Waals surface area contributed by atoms with Crippen LogP contribution in [0.2, 0.25) is 0 Å². The van der Waals surface area contributed by atoms with Crippen molar-refractivity contribution in [2.75, 3.05) is 33.7 Å². The van der Waals surface area contributed by atoms with Crippen molar-refractivity contribution in [3.05, 3.63) is 42.5 Å². The Kier molecular flexibility index (Phi) is 4.93. The van der Waals surface area contributed by atoms with Gasteiger partial charge in [0.2, 0.25) is 10.0 Å². The van der Waals surface area contributed by atoms with Gasteiger partial charge in [-0.2, -0.15) is 4.31 Å². The van der Waals surface area contributed by atoms with E-state index in [4.69, 9.17) is 4.74 Å². The number of rotatable bonds is 4. The number of carbonyl (C=O) groups excluding carboxylic acids is 1. The number of hydrogen-bond acceptors (Lipinski definition) is 5. The molecule has 1 unspecified atom stereocenters. The molecule has 0 saturated carbocycles. The second-order valence-electron chi connectivity index (χ2n) is 8.19. The van der Waals surface area contributed by atoms with Gasteiger partial charge in [0.1, 0.15) is 6.10 Å². The predicted octanol–water partition coefficient (Wildman–Crippen LogP) is 2.49. The zero-order valence-electron chi connectivity index (χ0n) is 16.3. The standard InChI is InChI=1S/C21H26N2O4S/c1-22(2)15-18-14-21(20(24)27-18)9-11-23(12-10-21)28(25,26)19-8-7-16-5-3-4-6-17(16)13-19/h3-8,13,18H,9-12,14-15H2,1-2H3. The van der Waals surface area contributed by atoms with Crippen LogP contribution in [0.5, 0.6) is 0 Å². The van der Waals surface area contributed by atoms with Gasteiger partial charge >= 0.3 is 5.97 Å². The third-order valence-electron chi connectivity index (χ3n) is 5.93. The number of piperidine rings is 1. The highest BCUT2D eigenvalue weighted by molar-refractivity contribution is 7.89. The molecule has 2 aromatic carbocycles. The highest BCUT2D eigenvalue weighted by Gasteiger charge is 2.51. The highest BCUT2D eigenvalue weighted by Crippen LogP contribution is 2.44. The van der Waals surface area contributed by atoms with Crippen LogP contribution in [0.3, 0.4) is 0 Å². The van der Waals surface area contributed by atoms with Crippen molar-refractivity contribution in [1.29, 1.82) is 0 Å². The Labute approximate surface area is 166 Å². The summed E-state index contributed by atoms with van der Waals surface area (Å²) in [5.74, 6) is -0.165. The first-order chi connectivity index (χ1) is 13.3. The third kappa shape index (κ3) is 3.43. The van der Waals surface area contributed by atoms with Crippen LogP contribution in [-0.2, 0) is 19.6 Å². The molecule has 2 heterocycles. The number of esters is 1. The lowest BCUT2D eigenvalue weighted by Crippen LogP contribution is -2.45. The zero-order valence-corrected chi connectivity index (χ0v) is 17.1. The van der Waals surface area contributed by atoms with Crippen LogP contribution < -0.4 is 0 Å². The molecule has 28 heavy (non-hydrogen) atoms. The topological polar surface area (TPSA) is 66.9 Å². The molecule has 0 bridgehead atoms. The van der Waals surface area contributed by atoms with Crippen LogP contribution in [0.15, 0.2) is 47.4 Å². The Morgan fingerprint density at radius 3 is 2.46 bits per heavy atom. The van der Waals surface area contributed by atoms with Crippen molar-refractivity contribution in [2.24, 2.45) is 5.41 Å². The lowest BCUT2D eigenvalue weighted by Gasteiger charge is -2.35. The summed E-state index contributed by atoms with van der Waals surface area (Å²) in [7, 11) is 0.335. The fourth-order valence-electron chi connectivity index (χ4n) is 4.39. The second kappa shape index (κ2) is 7.13. The van der Waals surface area contributed by atoms with E-state index in [1.165, 1.54) is 4.31 Å². The molecule has 1 atom stereocenters. The fraction of sp³-hybridized carbons (Fsp3) is 0.476. The molecule has 2 saturated heterocycles. The first-order valence-electron chi connectivity index (χ1n) is 9.65. The van der Waals surface area contributed by atoms with Crippen molar-refractivity contribution >= 4 is 26.8 Å². The van der Waals surface area contributed by atoms with Gasteiger partial charge in [0, 0.05) is 26.1 Å². The monoisotopic (exact) mass is 402 g/mol. The number of cyclic esters (lactones) is 1. The molecule has 2 aromatic rings.